The van der Waals surface area contributed by atoms with Crippen LogP contribution in [0, 0.1) is 11.7 Å². The third-order valence-corrected chi connectivity index (χ3v) is 6.08. The molecule has 0 spiro atoms. The van der Waals surface area contributed by atoms with E-state index in [0.717, 1.165) is 18.9 Å². The van der Waals surface area contributed by atoms with Crippen molar-refractivity contribution >= 4 is 15.9 Å². The molecule has 7 heteroatoms. The van der Waals surface area contributed by atoms with Gasteiger partial charge in [-0.1, -0.05) is 32.4 Å². The molecular weight excluding hydrogens is 319 g/mol. The Hall–Kier alpha value is -1.47. The number of carbonyl (C=O) groups excluding carboxylic acids is 1. The lowest BCUT2D eigenvalue weighted by Crippen LogP contribution is -2.51. The van der Waals surface area contributed by atoms with Crippen LogP contribution in [-0.2, 0) is 14.8 Å². The largest absolute Gasteiger partial charge is 0.340 e. The van der Waals surface area contributed by atoms with Gasteiger partial charge in [-0.2, -0.15) is 4.31 Å². The topological polar surface area (TPSA) is 57.7 Å². The second kappa shape index (κ2) is 7.40. The van der Waals surface area contributed by atoms with E-state index in [-0.39, 0.29) is 29.8 Å². The number of amides is 1. The lowest BCUT2D eigenvalue weighted by atomic mass is 10.0. The molecule has 1 aromatic rings. The molecule has 0 N–H and O–H groups in total. The Bertz CT molecular complexity index is 655. The minimum absolute atomic E-state index is 0.0466. The molecule has 1 amide bonds. The first-order valence-electron chi connectivity index (χ1n) is 7.91. The minimum Gasteiger partial charge on any atom is -0.340 e. The van der Waals surface area contributed by atoms with Crippen molar-refractivity contribution in [3.05, 3.63) is 30.1 Å². The predicted molar refractivity (Wildman–Crippen MR) is 85.8 cm³/mol. The molecule has 0 bridgehead atoms. The van der Waals surface area contributed by atoms with Crippen LogP contribution in [0.25, 0.3) is 0 Å². The highest BCUT2D eigenvalue weighted by atomic mass is 32.2. The number of halogens is 1. The van der Waals surface area contributed by atoms with Gasteiger partial charge in [0.15, 0.2) is 0 Å². The minimum atomic E-state index is -3.85. The fourth-order valence-electron chi connectivity index (χ4n) is 2.81. The normalized spacial score (nSPS) is 18.0. The van der Waals surface area contributed by atoms with Gasteiger partial charge in [-0.25, -0.2) is 12.8 Å². The Kier molecular flexibility index (Phi) is 5.75. The number of sulfonamides is 1. The summed E-state index contributed by atoms with van der Waals surface area (Å²) in [6.45, 7) is 5.01. The molecule has 1 heterocycles. The monoisotopic (exact) mass is 342 g/mol. The zero-order valence-corrected chi connectivity index (χ0v) is 14.4. The molecule has 1 aromatic carbocycles. The van der Waals surface area contributed by atoms with Gasteiger partial charge in [0.2, 0.25) is 15.9 Å². The molecule has 23 heavy (non-hydrogen) atoms. The number of hydrogen-bond acceptors (Lipinski definition) is 3. The van der Waals surface area contributed by atoms with Gasteiger partial charge in [-0.3, -0.25) is 4.79 Å². The highest BCUT2D eigenvalue weighted by molar-refractivity contribution is 7.89. The van der Waals surface area contributed by atoms with Gasteiger partial charge < -0.3 is 4.90 Å². The fourth-order valence-corrected chi connectivity index (χ4v) is 4.30. The van der Waals surface area contributed by atoms with Crippen LogP contribution in [-0.4, -0.2) is 49.7 Å². The number of hydrogen-bond donors (Lipinski definition) is 0. The predicted octanol–water partition coefficient (Wildman–Crippen LogP) is 2.09. The van der Waals surface area contributed by atoms with E-state index in [1.54, 1.807) is 4.90 Å². The lowest BCUT2D eigenvalue weighted by Gasteiger charge is -2.35. The zero-order chi connectivity index (χ0) is 17.0. The summed E-state index contributed by atoms with van der Waals surface area (Å²) in [5.74, 6) is -0.730. The summed E-state index contributed by atoms with van der Waals surface area (Å²) >= 11 is 0. The molecule has 1 saturated heterocycles. The maximum absolute atomic E-state index is 13.8. The van der Waals surface area contributed by atoms with E-state index >= 15 is 0 Å². The smallest absolute Gasteiger partial charge is 0.246 e. The lowest BCUT2D eigenvalue weighted by molar-refractivity contribution is -0.136. The van der Waals surface area contributed by atoms with Crippen molar-refractivity contribution in [2.75, 3.05) is 26.2 Å². The molecule has 1 aliphatic heterocycles. The molecule has 1 unspecified atom stereocenters. The van der Waals surface area contributed by atoms with E-state index in [9.17, 15) is 17.6 Å². The maximum Gasteiger partial charge on any atom is 0.246 e. The van der Waals surface area contributed by atoms with Crippen LogP contribution in [0.4, 0.5) is 4.39 Å². The van der Waals surface area contributed by atoms with Crippen LogP contribution >= 0.6 is 0 Å². The standard InChI is InChI=1S/C16H23FN2O3S/c1-3-6-13(2)16(20)18-9-11-19(12-10-18)23(21,22)15-8-5-4-7-14(15)17/h4-5,7-8,13H,3,6,9-12H2,1-2H3. The van der Waals surface area contributed by atoms with Crippen LogP contribution in [0.2, 0.25) is 0 Å². The Balaban J connectivity index is 2.04. The van der Waals surface area contributed by atoms with E-state index in [4.69, 9.17) is 0 Å². The van der Waals surface area contributed by atoms with E-state index in [2.05, 4.69) is 0 Å². The van der Waals surface area contributed by atoms with Crippen LogP contribution in [0.1, 0.15) is 26.7 Å². The summed E-state index contributed by atoms with van der Waals surface area (Å²) in [6, 6.07) is 5.37. The van der Waals surface area contributed by atoms with Crippen LogP contribution in [0.5, 0.6) is 0 Å². The second-order valence-electron chi connectivity index (χ2n) is 5.85. The number of carbonyl (C=O) groups is 1. The summed E-state index contributed by atoms with van der Waals surface area (Å²) < 4.78 is 40.0. The maximum atomic E-state index is 13.8. The molecule has 128 valence electrons. The Morgan fingerprint density at radius 3 is 2.39 bits per heavy atom. The van der Waals surface area contributed by atoms with E-state index in [0.29, 0.717) is 13.1 Å². The number of piperazine rings is 1. The van der Waals surface area contributed by atoms with Gasteiger partial charge in [0.1, 0.15) is 10.7 Å². The highest BCUT2D eigenvalue weighted by Crippen LogP contribution is 2.21. The average Bonchev–Trinajstić information content (AvgIpc) is 2.54. The second-order valence-corrected chi connectivity index (χ2v) is 7.76. The first-order chi connectivity index (χ1) is 10.9. The van der Waals surface area contributed by atoms with Gasteiger partial charge in [0.05, 0.1) is 0 Å². The third-order valence-electron chi connectivity index (χ3n) is 4.15. The summed E-state index contributed by atoms with van der Waals surface area (Å²) in [4.78, 5) is 13.7. The summed E-state index contributed by atoms with van der Waals surface area (Å²) in [6.07, 6.45) is 1.76. The first kappa shape index (κ1) is 17.9. The van der Waals surface area contributed by atoms with Crippen LogP contribution in [0.3, 0.4) is 0 Å². The summed E-state index contributed by atoms with van der Waals surface area (Å²) in [5, 5.41) is 0. The van der Waals surface area contributed by atoms with Crippen molar-refractivity contribution in [3.63, 3.8) is 0 Å². The Labute approximate surface area is 137 Å². The van der Waals surface area contributed by atoms with Crippen LogP contribution < -0.4 is 0 Å². The molecule has 0 radical (unpaired) electrons. The van der Waals surface area contributed by atoms with Gasteiger partial charge in [0.25, 0.3) is 0 Å². The number of rotatable bonds is 5. The van der Waals surface area contributed by atoms with E-state index in [1.807, 2.05) is 13.8 Å². The van der Waals surface area contributed by atoms with Gasteiger partial charge in [0, 0.05) is 32.1 Å². The molecule has 0 aliphatic carbocycles. The van der Waals surface area contributed by atoms with Gasteiger partial charge in [-0.15, -0.1) is 0 Å². The van der Waals surface area contributed by atoms with Gasteiger partial charge >= 0.3 is 0 Å². The molecule has 0 aromatic heterocycles. The number of benzene rings is 1. The Morgan fingerprint density at radius 1 is 1.22 bits per heavy atom. The third kappa shape index (κ3) is 3.90. The van der Waals surface area contributed by atoms with E-state index < -0.39 is 15.8 Å². The quantitative estimate of drug-likeness (QED) is 0.823. The van der Waals surface area contributed by atoms with Crippen molar-refractivity contribution in [2.45, 2.75) is 31.6 Å². The summed E-state index contributed by atoms with van der Waals surface area (Å²) in [7, 11) is -3.85. The van der Waals surface area contributed by atoms with Gasteiger partial charge in [-0.05, 0) is 18.6 Å². The van der Waals surface area contributed by atoms with Crippen molar-refractivity contribution in [2.24, 2.45) is 5.92 Å². The SMILES string of the molecule is CCCC(C)C(=O)N1CCN(S(=O)(=O)c2ccccc2F)CC1. The van der Waals surface area contributed by atoms with E-state index in [1.165, 1.54) is 22.5 Å². The summed E-state index contributed by atoms with van der Waals surface area (Å²) in [5.41, 5.74) is 0. The molecule has 1 aliphatic rings. The number of nitrogens with zero attached hydrogens (tertiary/aromatic N) is 2. The zero-order valence-electron chi connectivity index (χ0n) is 13.5. The van der Waals surface area contributed by atoms with Crippen molar-refractivity contribution < 1.29 is 17.6 Å². The molecule has 2 rings (SSSR count). The molecule has 5 nitrogen and oxygen atoms in total. The fraction of sp³-hybridized carbons (Fsp3) is 0.562. The molecular formula is C16H23FN2O3S. The van der Waals surface area contributed by atoms with Crippen molar-refractivity contribution in [1.29, 1.82) is 0 Å². The van der Waals surface area contributed by atoms with Crippen LogP contribution in [0.15, 0.2) is 29.2 Å². The highest BCUT2D eigenvalue weighted by Gasteiger charge is 2.32. The van der Waals surface area contributed by atoms with Crippen molar-refractivity contribution in [3.8, 4) is 0 Å². The Morgan fingerprint density at radius 2 is 1.83 bits per heavy atom. The first-order valence-corrected chi connectivity index (χ1v) is 9.35. The average molecular weight is 342 g/mol. The van der Waals surface area contributed by atoms with Crippen molar-refractivity contribution in [1.82, 2.24) is 9.21 Å². The molecule has 1 fully saturated rings. The molecule has 1 atom stereocenters. The molecule has 0 saturated carbocycles.